The third-order valence-corrected chi connectivity index (χ3v) is 10.1. The molecule has 0 bridgehead atoms. The van der Waals surface area contributed by atoms with Gasteiger partial charge >= 0.3 is 0 Å². The van der Waals surface area contributed by atoms with E-state index in [2.05, 4.69) is 17.0 Å². The van der Waals surface area contributed by atoms with Crippen molar-refractivity contribution in [3.63, 3.8) is 0 Å². The Labute approximate surface area is 202 Å². The minimum absolute atomic E-state index is 0.122. The highest BCUT2D eigenvalue weighted by atomic mass is 32.2. The summed E-state index contributed by atoms with van der Waals surface area (Å²) in [6, 6.07) is 5.91. The third kappa shape index (κ3) is 5.96. The van der Waals surface area contributed by atoms with Gasteiger partial charge in [-0.05, 0) is 82.4 Å². The van der Waals surface area contributed by atoms with Crippen LogP contribution in [-0.2, 0) is 10.0 Å². The molecule has 0 saturated heterocycles. The Morgan fingerprint density at radius 3 is 2.45 bits per heavy atom. The molecule has 0 amide bonds. The number of benzene rings is 1. The molecule has 2 aromatic rings. The number of aliphatic hydroxyl groups is 1. The highest BCUT2D eigenvalue weighted by Gasteiger charge is 2.27. The molecule has 0 unspecified atom stereocenters. The molecule has 0 aliphatic heterocycles. The van der Waals surface area contributed by atoms with Gasteiger partial charge in [-0.3, -0.25) is 0 Å². The molecule has 2 saturated carbocycles. The van der Waals surface area contributed by atoms with Crippen LogP contribution in [0.15, 0.2) is 23.1 Å². The first-order valence-corrected chi connectivity index (χ1v) is 14.6. The summed E-state index contributed by atoms with van der Waals surface area (Å²) in [5, 5.41) is 14.2. The van der Waals surface area contributed by atoms with Gasteiger partial charge in [0.25, 0.3) is 0 Å². The van der Waals surface area contributed by atoms with Gasteiger partial charge in [0, 0.05) is 12.1 Å². The molecule has 2 aliphatic carbocycles. The maximum absolute atomic E-state index is 13.2. The number of hydrogen-bond donors (Lipinski definition) is 3. The van der Waals surface area contributed by atoms with Crippen LogP contribution in [0.2, 0.25) is 0 Å². The molecule has 3 N–H and O–H groups in total. The molecule has 2 fully saturated rings. The Balaban J connectivity index is 1.52. The van der Waals surface area contributed by atoms with Crippen LogP contribution in [-0.4, -0.2) is 36.7 Å². The number of rotatable bonds is 7. The zero-order valence-corrected chi connectivity index (χ0v) is 21.6. The van der Waals surface area contributed by atoms with E-state index < -0.39 is 10.0 Å². The lowest BCUT2D eigenvalue weighted by molar-refractivity contribution is 0.120. The lowest BCUT2D eigenvalue weighted by atomic mass is 9.85. The third-order valence-electron chi connectivity index (χ3n) is 7.26. The zero-order valence-electron chi connectivity index (χ0n) is 19.9. The SMILES string of the molecule is Cc1ccc(-c2sc(N[C@H](C)C3CCCCC3)nc2C)cc1S(=O)(=O)N[C@H]1CC[C@H](O)CC1. The molecule has 6 nitrogen and oxygen atoms in total. The molecule has 1 heterocycles. The van der Waals surface area contributed by atoms with Gasteiger partial charge in [0.15, 0.2) is 5.13 Å². The second kappa shape index (κ2) is 10.4. The normalized spacial score (nSPS) is 23.4. The molecule has 2 aliphatic rings. The van der Waals surface area contributed by atoms with Crippen molar-refractivity contribution >= 4 is 26.5 Å². The van der Waals surface area contributed by atoms with Crippen LogP contribution in [0.4, 0.5) is 5.13 Å². The number of sulfonamides is 1. The summed E-state index contributed by atoms with van der Waals surface area (Å²) in [5.74, 6) is 0.689. The summed E-state index contributed by atoms with van der Waals surface area (Å²) >= 11 is 1.60. The van der Waals surface area contributed by atoms with Gasteiger partial charge in [-0.25, -0.2) is 18.1 Å². The Morgan fingerprint density at radius 1 is 1.06 bits per heavy atom. The van der Waals surface area contributed by atoms with Gasteiger partial charge in [0.05, 0.1) is 21.6 Å². The fourth-order valence-electron chi connectivity index (χ4n) is 5.18. The average molecular weight is 492 g/mol. The second-order valence-electron chi connectivity index (χ2n) is 9.87. The first-order chi connectivity index (χ1) is 15.7. The van der Waals surface area contributed by atoms with Crippen LogP contribution >= 0.6 is 11.3 Å². The van der Waals surface area contributed by atoms with Crippen LogP contribution in [0, 0.1) is 19.8 Å². The van der Waals surface area contributed by atoms with Gasteiger partial charge in [-0.15, -0.1) is 0 Å². The Morgan fingerprint density at radius 2 is 1.76 bits per heavy atom. The highest BCUT2D eigenvalue weighted by Crippen LogP contribution is 2.36. The van der Waals surface area contributed by atoms with Crippen molar-refractivity contribution in [2.24, 2.45) is 5.92 Å². The monoisotopic (exact) mass is 491 g/mol. The smallest absolute Gasteiger partial charge is 0.241 e. The van der Waals surface area contributed by atoms with Crippen molar-refractivity contribution < 1.29 is 13.5 Å². The van der Waals surface area contributed by atoms with Crippen LogP contribution in [0.1, 0.15) is 76.0 Å². The average Bonchev–Trinajstić information content (AvgIpc) is 3.16. The molecule has 1 atom stereocenters. The van der Waals surface area contributed by atoms with Gasteiger partial charge in [0.1, 0.15) is 0 Å². The van der Waals surface area contributed by atoms with E-state index in [0.717, 1.165) is 26.8 Å². The van der Waals surface area contributed by atoms with Crippen LogP contribution < -0.4 is 10.0 Å². The largest absolute Gasteiger partial charge is 0.393 e. The summed E-state index contributed by atoms with van der Waals surface area (Å²) < 4.78 is 29.3. The van der Waals surface area contributed by atoms with Crippen molar-refractivity contribution in [2.45, 2.75) is 102 Å². The van der Waals surface area contributed by atoms with Gasteiger partial charge in [0.2, 0.25) is 10.0 Å². The van der Waals surface area contributed by atoms with E-state index in [4.69, 9.17) is 4.98 Å². The van der Waals surface area contributed by atoms with Crippen molar-refractivity contribution in [1.82, 2.24) is 9.71 Å². The highest BCUT2D eigenvalue weighted by molar-refractivity contribution is 7.89. The molecule has 4 rings (SSSR count). The quantitative estimate of drug-likeness (QED) is 0.483. The van der Waals surface area contributed by atoms with E-state index in [9.17, 15) is 13.5 Å². The standard InChI is InChI=1S/C25H37N3O3S2/c1-16-9-10-20(15-23(16)33(30,31)28-21-11-13-22(29)14-12-21)24-18(3)27-25(32-24)26-17(2)19-7-5-4-6-8-19/h9-10,15,17,19,21-22,28-29H,4-8,11-14H2,1-3H3,(H,26,27)/t17-,21-,22-/m1/s1. The number of nitrogens with zero attached hydrogens (tertiary/aromatic N) is 1. The summed E-state index contributed by atoms with van der Waals surface area (Å²) in [7, 11) is -3.64. The second-order valence-corrected chi connectivity index (χ2v) is 12.6. The Kier molecular flexibility index (Phi) is 7.78. The summed E-state index contributed by atoms with van der Waals surface area (Å²) in [6.07, 6.45) is 8.83. The Hall–Kier alpha value is -1.48. The van der Waals surface area contributed by atoms with Gasteiger partial charge < -0.3 is 10.4 Å². The maximum Gasteiger partial charge on any atom is 0.241 e. The van der Waals surface area contributed by atoms with Crippen molar-refractivity contribution in [1.29, 1.82) is 0 Å². The number of aromatic nitrogens is 1. The lowest BCUT2D eigenvalue weighted by Gasteiger charge is -2.28. The zero-order chi connectivity index (χ0) is 23.6. The van der Waals surface area contributed by atoms with E-state index in [0.29, 0.717) is 42.5 Å². The topological polar surface area (TPSA) is 91.3 Å². The minimum atomic E-state index is -3.64. The summed E-state index contributed by atoms with van der Waals surface area (Å²) in [5.41, 5.74) is 2.53. The van der Waals surface area contributed by atoms with Crippen molar-refractivity contribution in [3.05, 3.63) is 29.5 Å². The molecular weight excluding hydrogens is 454 g/mol. The molecule has 0 radical (unpaired) electrons. The maximum atomic E-state index is 13.2. The fraction of sp³-hybridized carbons (Fsp3) is 0.640. The number of hydrogen-bond acceptors (Lipinski definition) is 6. The van der Waals surface area contributed by atoms with E-state index in [-0.39, 0.29) is 12.1 Å². The van der Waals surface area contributed by atoms with Crippen LogP contribution in [0.3, 0.4) is 0 Å². The van der Waals surface area contributed by atoms with E-state index in [1.165, 1.54) is 32.1 Å². The molecule has 33 heavy (non-hydrogen) atoms. The summed E-state index contributed by atoms with van der Waals surface area (Å²) in [6.45, 7) is 6.07. The van der Waals surface area contributed by atoms with Gasteiger partial charge in [-0.1, -0.05) is 42.7 Å². The van der Waals surface area contributed by atoms with E-state index in [1.54, 1.807) is 17.4 Å². The Bertz CT molecular complexity index is 1050. The number of anilines is 1. The van der Waals surface area contributed by atoms with E-state index >= 15 is 0 Å². The van der Waals surface area contributed by atoms with Crippen LogP contribution in [0.5, 0.6) is 0 Å². The van der Waals surface area contributed by atoms with E-state index in [1.807, 2.05) is 26.0 Å². The molecule has 1 aromatic heterocycles. The number of thiazole rings is 1. The minimum Gasteiger partial charge on any atom is -0.393 e. The molecule has 0 spiro atoms. The number of aryl methyl sites for hydroxylation is 2. The van der Waals surface area contributed by atoms with Crippen LogP contribution in [0.25, 0.3) is 10.4 Å². The lowest BCUT2D eigenvalue weighted by Crippen LogP contribution is -2.38. The molecule has 182 valence electrons. The van der Waals surface area contributed by atoms with Crippen molar-refractivity contribution in [2.75, 3.05) is 5.32 Å². The first-order valence-electron chi connectivity index (χ1n) is 12.3. The number of nitrogens with one attached hydrogen (secondary N) is 2. The van der Waals surface area contributed by atoms with Gasteiger partial charge in [-0.2, -0.15) is 0 Å². The molecule has 8 heteroatoms. The molecular formula is C25H37N3O3S2. The predicted molar refractivity (Wildman–Crippen MR) is 135 cm³/mol. The fourth-order valence-corrected chi connectivity index (χ4v) is 7.81. The predicted octanol–water partition coefficient (Wildman–Crippen LogP) is 5.39. The van der Waals surface area contributed by atoms with Crippen molar-refractivity contribution in [3.8, 4) is 10.4 Å². The first kappa shape index (κ1) is 24.6. The molecule has 1 aromatic carbocycles. The summed E-state index contributed by atoms with van der Waals surface area (Å²) in [4.78, 5) is 6.08. The number of aliphatic hydroxyl groups excluding tert-OH is 1.